The van der Waals surface area contributed by atoms with Crippen LogP contribution in [0.15, 0.2) is 4.99 Å². The predicted molar refractivity (Wildman–Crippen MR) is 143 cm³/mol. The molecule has 3 atom stereocenters. The number of hydrogen-bond acceptors (Lipinski definition) is 5. The summed E-state index contributed by atoms with van der Waals surface area (Å²) >= 11 is 0. The molecule has 1 amide bonds. The van der Waals surface area contributed by atoms with Crippen LogP contribution in [0.3, 0.4) is 0 Å². The van der Waals surface area contributed by atoms with E-state index in [1.165, 1.54) is 19.4 Å². The van der Waals surface area contributed by atoms with Gasteiger partial charge in [-0.3, -0.25) is 9.69 Å². The van der Waals surface area contributed by atoms with Crippen LogP contribution in [-0.2, 0) is 18.4 Å². The molecule has 1 aromatic heterocycles. The van der Waals surface area contributed by atoms with Crippen molar-refractivity contribution in [2.24, 2.45) is 18.0 Å². The Balaban J connectivity index is 0.00000385. The standard InChI is InChI=1S/C23H42N8O.HI/c1-6-31-12-8-11-20(31)14-24-23(25-15-21-29-28-17(4)30(21)5)27-19-10-7-9-18(13-19)22(32)26-16(2)3;/h16,18-20H,6-15H2,1-5H3,(H,26,32)(H2,24,25,27);1H. The highest BCUT2D eigenvalue weighted by Crippen LogP contribution is 2.24. The average molecular weight is 575 g/mol. The van der Waals surface area contributed by atoms with Gasteiger partial charge in [-0.25, -0.2) is 4.99 Å². The van der Waals surface area contributed by atoms with E-state index < -0.39 is 0 Å². The summed E-state index contributed by atoms with van der Waals surface area (Å²) in [6.45, 7) is 11.8. The smallest absolute Gasteiger partial charge is 0.223 e. The first-order chi connectivity index (χ1) is 15.4. The SMILES string of the molecule is CCN1CCCC1CNC(=NCc1nnc(C)n1C)NC1CCCC(C(=O)NC(C)C)C1.I. The third-order valence-corrected chi connectivity index (χ3v) is 6.79. The van der Waals surface area contributed by atoms with Crippen molar-refractivity contribution in [3.63, 3.8) is 0 Å². The number of halogens is 1. The van der Waals surface area contributed by atoms with Crippen molar-refractivity contribution in [2.45, 2.75) is 90.9 Å². The number of amides is 1. The molecule has 0 aromatic carbocycles. The van der Waals surface area contributed by atoms with Crippen LogP contribution in [-0.4, -0.2) is 69.3 Å². The number of aromatic nitrogens is 3. The van der Waals surface area contributed by atoms with Gasteiger partial charge in [0.15, 0.2) is 11.8 Å². The maximum atomic E-state index is 12.6. The quantitative estimate of drug-likeness (QED) is 0.251. The van der Waals surface area contributed by atoms with E-state index in [0.29, 0.717) is 12.6 Å². The zero-order valence-electron chi connectivity index (χ0n) is 20.9. The van der Waals surface area contributed by atoms with Crippen molar-refractivity contribution < 1.29 is 4.79 Å². The van der Waals surface area contributed by atoms with Gasteiger partial charge in [0.05, 0.1) is 0 Å². The topological polar surface area (TPSA) is 99.5 Å². The van der Waals surface area contributed by atoms with E-state index in [1.807, 2.05) is 32.4 Å². The van der Waals surface area contributed by atoms with Crippen LogP contribution in [0.25, 0.3) is 0 Å². The Labute approximate surface area is 216 Å². The van der Waals surface area contributed by atoms with E-state index in [-0.39, 0.29) is 47.9 Å². The molecular formula is C23H43IN8O. The largest absolute Gasteiger partial charge is 0.355 e. The van der Waals surface area contributed by atoms with E-state index in [9.17, 15) is 4.79 Å². The summed E-state index contributed by atoms with van der Waals surface area (Å²) < 4.78 is 1.98. The number of likely N-dealkylation sites (N-methyl/N-ethyl adjacent to an activating group) is 1. The first kappa shape index (κ1) is 27.8. The van der Waals surface area contributed by atoms with Gasteiger partial charge in [-0.2, -0.15) is 0 Å². The molecular weight excluding hydrogens is 531 g/mol. The highest BCUT2D eigenvalue weighted by atomic mass is 127. The Morgan fingerprint density at radius 1 is 1.21 bits per heavy atom. The lowest BCUT2D eigenvalue weighted by molar-refractivity contribution is -0.126. The highest BCUT2D eigenvalue weighted by molar-refractivity contribution is 14.0. The summed E-state index contributed by atoms with van der Waals surface area (Å²) in [7, 11) is 1.97. The summed E-state index contributed by atoms with van der Waals surface area (Å²) in [5.74, 6) is 2.78. The average Bonchev–Trinajstić information content (AvgIpc) is 3.36. The number of aliphatic imine (C=N–C) groups is 1. The minimum Gasteiger partial charge on any atom is -0.355 e. The van der Waals surface area contributed by atoms with Crippen molar-refractivity contribution >= 4 is 35.8 Å². The fraction of sp³-hybridized carbons (Fsp3) is 0.826. The van der Waals surface area contributed by atoms with E-state index >= 15 is 0 Å². The van der Waals surface area contributed by atoms with Gasteiger partial charge < -0.3 is 20.5 Å². The van der Waals surface area contributed by atoms with Crippen LogP contribution in [0.4, 0.5) is 0 Å². The van der Waals surface area contributed by atoms with Gasteiger partial charge in [0, 0.05) is 37.6 Å². The van der Waals surface area contributed by atoms with Crippen LogP contribution in [0, 0.1) is 12.8 Å². The molecule has 3 rings (SSSR count). The fourth-order valence-corrected chi connectivity index (χ4v) is 4.80. The molecule has 0 bridgehead atoms. The number of likely N-dealkylation sites (tertiary alicyclic amines) is 1. The molecule has 33 heavy (non-hydrogen) atoms. The zero-order valence-corrected chi connectivity index (χ0v) is 23.3. The van der Waals surface area contributed by atoms with Gasteiger partial charge in [0.2, 0.25) is 5.91 Å². The Morgan fingerprint density at radius 3 is 2.67 bits per heavy atom. The number of rotatable bonds is 8. The first-order valence-electron chi connectivity index (χ1n) is 12.3. The molecule has 0 radical (unpaired) electrons. The van der Waals surface area contributed by atoms with E-state index in [0.717, 1.165) is 56.4 Å². The van der Waals surface area contributed by atoms with E-state index in [4.69, 9.17) is 4.99 Å². The molecule has 9 nitrogen and oxygen atoms in total. The summed E-state index contributed by atoms with van der Waals surface area (Å²) in [4.78, 5) is 19.9. The minimum atomic E-state index is 0. The normalized spacial score (nSPS) is 23.9. The molecule has 0 spiro atoms. The van der Waals surface area contributed by atoms with E-state index in [2.05, 4.69) is 38.0 Å². The predicted octanol–water partition coefficient (Wildman–Crippen LogP) is 2.34. The molecule has 2 heterocycles. The Kier molecular flexibility index (Phi) is 11.3. The second kappa shape index (κ2) is 13.5. The highest BCUT2D eigenvalue weighted by Gasteiger charge is 2.29. The van der Waals surface area contributed by atoms with Crippen LogP contribution >= 0.6 is 24.0 Å². The summed E-state index contributed by atoms with van der Waals surface area (Å²) in [6.07, 6.45) is 6.38. The molecule has 1 saturated heterocycles. The van der Waals surface area contributed by atoms with Crippen molar-refractivity contribution in [2.75, 3.05) is 19.6 Å². The maximum Gasteiger partial charge on any atom is 0.223 e. The molecule has 3 N–H and O–H groups in total. The Hall–Kier alpha value is -1.43. The third-order valence-electron chi connectivity index (χ3n) is 6.79. The summed E-state index contributed by atoms with van der Waals surface area (Å²) in [6, 6.07) is 0.961. The third kappa shape index (κ3) is 8.08. The molecule has 1 saturated carbocycles. The number of carbonyl (C=O) groups is 1. The monoisotopic (exact) mass is 574 g/mol. The number of nitrogens with one attached hydrogen (secondary N) is 3. The number of hydrogen-bond donors (Lipinski definition) is 3. The lowest BCUT2D eigenvalue weighted by Crippen LogP contribution is -2.50. The maximum absolute atomic E-state index is 12.6. The molecule has 1 aromatic rings. The molecule has 1 aliphatic heterocycles. The molecule has 3 unspecified atom stereocenters. The van der Waals surface area contributed by atoms with Gasteiger partial charge in [-0.05, 0) is 66.0 Å². The number of nitrogens with zero attached hydrogens (tertiary/aromatic N) is 5. The van der Waals surface area contributed by atoms with Gasteiger partial charge in [-0.15, -0.1) is 34.2 Å². The van der Waals surface area contributed by atoms with Crippen LogP contribution in [0.2, 0.25) is 0 Å². The fourth-order valence-electron chi connectivity index (χ4n) is 4.80. The summed E-state index contributed by atoms with van der Waals surface area (Å²) in [5.41, 5.74) is 0. The van der Waals surface area contributed by atoms with Crippen LogP contribution < -0.4 is 16.0 Å². The van der Waals surface area contributed by atoms with Crippen LogP contribution in [0.5, 0.6) is 0 Å². The van der Waals surface area contributed by atoms with Crippen LogP contribution in [0.1, 0.15) is 70.9 Å². The van der Waals surface area contributed by atoms with Crippen molar-refractivity contribution in [1.29, 1.82) is 0 Å². The van der Waals surface area contributed by atoms with Gasteiger partial charge in [0.25, 0.3) is 0 Å². The number of guanidine groups is 1. The van der Waals surface area contributed by atoms with Crippen molar-refractivity contribution in [3.8, 4) is 0 Å². The lowest BCUT2D eigenvalue weighted by Gasteiger charge is -2.31. The second-order valence-electron chi connectivity index (χ2n) is 9.56. The van der Waals surface area contributed by atoms with Crippen molar-refractivity contribution in [1.82, 2.24) is 35.6 Å². The molecule has 10 heteroatoms. The molecule has 1 aliphatic carbocycles. The molecule has 2 fully saturated rings. The molecule has 2 aliphatic rings. The molecule has 188 valence electrons. The lowest BCUT2D eigenvalue weighted by atomic mass is 9.85. The summed E-state index contributed by atoms with van der Waals surface area (Å²) in [5, 5.41) is 18.7. The Morgan fingerprint density at radius 2 is 2.00 bits per heavy atom. The second-order valence-corrected chi connectivity index (χ2v) is 9.56. The van der Waals surface area contributed by atoms with E-state index in [1.54, 1.807) is 0 Å². The van der Waals surface area contributed by atoms with Gasteiger partial charge >= 0.3 is 0 Å². The van der Waals surface area contributed by atoms with Gasteiger partial charge in [-0.1, -0.05) is 13.3 Å². The minimum absolute atomic E-state index is 0. The van der Waals surface area contributed by atoms with Gasteiger partial charge in [0.1, 0.15) is 12.4 Å². The number of carbonyl (C=O) groups excluding carboxylic acids is 1. The zero-order chi connectivity index (χ0) is 23.1. The Bertz CT molecular complexity index is 781. The van der Waals surface area contributed by atoms with Crippen molar-refractivity contribution in [3.05, 3.63) is 11.6 Å². The number of aryl methyl sites for hydroxylation is 1. The first-order valence-corrected chi connectivity index (χ1v) is 12.3.